The minimum Gasteiger partial charge on any atom is -0.482 e. The maximum atomic E-state index is 12.5. The molecule has 2 atom stereocenters. The third-order valence-corrected chi connectivity index (χ3v) is 4.70. The highest BCUT2D eigenvalue weighted by atomic mass is 16.6. The summed E-state index contributed by atoms with van der Waals surface area (Å²) in [5, 5.41) is 2.80. The number of fused-ring (bicyclic) bond motifs is 1. The first-order chi connectivity index (χ1) is 14.1. The number of carbonyl (C=O) groups excluding carboxylic acids is 1. The van der Waals surface area contributed by atoms with Gasteiger partial charge in [-0.3, -0.25) is 14.2 Å². The van der Waals surface area contributed by atoms with Crippen LogP contribution in [-0.4, -0.2) is 34.2 Å². The minimum atomic E-state index is -0.750. The van der Waals surface area contributed by atoms with Crippen LogP contribution in [-0.2, 0) is 11.3 Å². The number of nitrogens with one attached hydrogen (secondary N) is 1. The van der Waals surface area contributed by atoms with E-state index >= 15 is 0 Å². The van der Waals surface area contributed by atoms with Crippen molar-refractivity contribution in [2.45, 2.75) is 25.7 Å². The van der Waals surface area contributed by atoms with E-state index in [-0.39, 0.29) is 18.0 Å². The standard InChI is InChI=1S/C22H21N3O4/c1-15-21(29-19-10-6-5-9-18(19)28-15)22(27)23-11-12-25-14-24-17(13-20(25)26)16-7-3-2-4-8-16/h2-10,13-15,21H,11-12H2,1H3,(H,23,27)/t15-,21+/m0/s1. The summed E-state index contributed by atoms with van der Waals surface area (Å²) in [6.07, 6.45) is 0.329. The van der Waals surface area contributed by atoms with E-state index in [2.05, 4.69) is 10.3 Å². The van der Waals surface area contributed by atoms with E-state index in [0.29, 0.717) is 23.7 Å². The number of ether oxygens (including phenoxy) is 2. The fourth-order valence-corrected chi connectivity index (χ4v) is 3.17. The predicted molar refractivity (Wildman–Crippen MR) is 108 cm³/mol. The van der Waals surface area contributed by atoms with Gasteiger partial charge in [0.15, 0.2) is 11.5 Å². The normalized spacial score (nSPS) is 17.6. The molecule has 0 saturated carbocycles. The monoisotopic (exact) mass is 391 g/mol. The van der Waals surface area contributed by atoms with Gasteiger partial charge in [0.05, 0.1) is 12.0 Å². The maximum Gasteiger partial charge on any atom is 0.265 e. The molecule has 1 aromatic heterocycles. The first kappa shape index (κ1) is 18.7. The second kappa shape index (κ2) is 8.18. The lowest BCUT2D eigenvalue weighted by atomic mass is 10.1. The van der Waals surface area contributed by atoms with Gasteiger partial charge in [0, 0.05) is 24.7 Å². The van der Waals surface area contributed by atoms with Gasteiger partial charge in [-0.05, 0) is 19.1 Å². The molecule has 2 aromatic carbocycles. The summed E-state index contributed by atoms with van der Waals surface area (Å²) in [5.74, 6) is 0.886. The SMILES string of the molecule is C[C@@H]1Oc2ccccc2O[C@H]1C(=O)NCCn1cnc(-c2ccccc2)cc1=O. The summed E-state index contributed by atoms with van der Waals surface area (Å²) in [5.41, 5.74) is 1.33. The number of hydrogen-bond acceptors (Lipinski definition) is 5. The first-order valence-corrected chi connectivity index (χ1v) is 9.44. The van der Waals surface area contributed by atoms with Gasteiger partial charge < -0.3 is 14.8 Å². The van der Waals surface area contributed by atoms with Crippen molar-refractivity contribution in [2.75, 3.05) is 6.54 Å². The van der Waals surface area contributed by atoms with Crippen molar-refractivity contribution in [3.63, 3.8) is 0 Å². The van der Waals surface area contributed by atoms with Gasteiger partial charge in [-0.1, -0.05) is 42.5 Å². The van der Waals surface area contributed by atoms with Gasteiger partial charge in [0.2, 0.25) is 6.10 Å². The molecule has 7 heteroatoms. The molecular formula is C22H21N3O4. The van der Waals surface area contributed by atoms with E-state index in [1.54, 1.807) is 19.1 Å². The van der Waals surface area contributed by atoms with Crippen LogP contribution in [0.5, 0.6) is 11.5 Å². The number of carbonyl (C=O) groups is 1. The predicted octanol–water partition coefficient (Wildman–Crippen LogP) is 2.25. The Labute approximate surface area is 167 Å². The summed E-state index contributed by atoms with van der Waals surface area (Å²) < 4.78 is 13.0. The van der Waals surface area contributed by atoms with Crippen molar-refractivity contribution < 1.29 is 14.3 Å². The van der Waals surface area contributed by atoms with E-state index in [1.807, 2.05) is 42.5 Å². The number of rotatable bonds is 5. The molecule has 2 heterocycles. The molecule has 148 valence electrons. The number of aromatic nitrogens is 2. The topological polar surface area (TPSA) is 82.4 Å². The van der Waals surface area contributed by atoms with Gasteiger partial charge in [0.1, 0.15) is 6.10 Å². The average molecular weight is 391 g/mol. The molecule has 1 aliphatic heterocycles. The molecule has 3 aromatic rings. The lowest BCUT2D eigenvalue weighted by Gasteiger charge is -2.31. The molecule has 0 unspecified atom stereocenters. The average Bonchev–Trinajstić information content (AvgIpc) is 2.75. The summed E-state index contributed by atoms with van der Waals surface area (Å²) in [6.45, 7) is 2.38. The molecule has 0 aliphatic carbocycles. The van der Waals surface area contributed by atoms with Gasteiger partial charge in [-0.15, -0.1) is 0 Å². The van der Waals surface area contributed by atoms with Crippen LogP contribution >= 0.6 is 0 Å². The quantitative estimate of drug-likeness (QED) is 0.721. The zero-order valence-corrected chi connectivity index (χ0v) is 15.9. The lowest BCUT2D eigenvalue weighted by molar-refractivity contribution is -0.133. The van der Waals surface area contributed by atoms with E-state index in [9.17, 15) is 9.59 Å². The van der Waals surface area contributed by atoms with Crippen LogP contribution in [0.1, 0.15) is 6.92 Å². The Balaban J connectivity index is 1.35. The molecule has 1 N–H and O–H groups in total. The van der Waals surface area contributed by atoms with Crippen molar-refractivity contribution >= 4 is 5.91 Å². The van der Waals surface area contributed by atoms with Crippen LogP contribution in [0.25, 0.3) is 11.3 Å². The maximum absolute atomic E-state index is 12.5. The number of benzene rings is 2. The van der Waals surface area contributed by atoms with Gasteiger partial charge >= 0.3 is 0 Å². The molecule has 29 heavy (non-hydrogen) atoms. The van der Waals surface area contributed by atoms with Crippen LogP contribution in [0, 0.1) is 0 Å². The number of hydrogen-bond donors (Lipinski definition) is 1. The minimum absolute atomic E-state index is 0.173. The van der Waals surface area contributed by atoms with E-state index in [0.717, 1.165) is 5.56 Å². The number of amides is 1. The Morgan fingerprint density at radius 3 is 2.48 bits per heavy atom. The molecule has 0 radical (unpaired) electrons. The fraction of sp³-hybridized carbons (Fsp3) is 0.227. The highest BCUT2D eigenvalue weighted by molar-refractivity contribution is 5.82. The third kappa shape index (κ3) is 4.13. The van der Waals surface area contributed by atoms with Gasteiger partial charge in [-0.2, -0.15) is 0 Å². The second-order valence-corrected chi connectivity index (χ2v) is 6.77. The van der Waals surface area contributed by atoms with Crippen molar-refractivity contribution in [2.24, 2.45) is 0 Å². The number of nitrogens with zero attached hydrogens (tertiary/aromatic N) is 2. The summed E-state index contributed by atoms with van der Waals surface area (Å²) in [6, 6.07) is 18.2. The molecule has 0 saturated heterocycles. The molecule has 4 rings (SSSR count). The highest BCUT2D eigenvalue weighted by Gasteiger charge is 2.33. The molecule has 1 amide bonds. The van der Waals surface area contributed by atoms with Gasteiger partial charge in [-0.25, -0.2) is 4.98 Å². The largest absolute Gasteiger partial charge is 0.482 e. The van der Waals surface area contributed by atoms with Crippen molar-refractivity contribution in [1.29, 1.82) is 0 Å². The van der Waals surface area contributed by atoms with E-state index in [4.69, 9.17) is 9.47 Å². The molecule has 0 spiro atoms. The van der Waals surface area contributed by atoms with Crippen LogP contribution in [0.15, 0.2) is 71.8 Å². The van der Waals surface area contributed by atoms with E-state index < -0.39 is 12.2 Å². The Morgan fingerprint density at radius 1 is 1.07 bits per heavy atom. The molecule has 0 fully saturated rings. The van der Waals surface area contributed by atoms with Crippen LogP contribution in [0.2, 0.25) is 0 Å². The van der Waals surface area contributed by atoms with Crippen molar-refractivity contribution in [3.05, 3.63) is 77.3 Å². The summed E-state index contributed by atoms with van der Waals surface area (Å²) in [7, 11) is 0. The zero-order chi connectivity index (χ0) is 20.2. The Kier molecular flexibility index (Phi) is 5.29. The molecule has 7 nitrogen and oxygen atoms in total. The first-order valence-electron chi connectivity index (χ1n) is 9.44. The van der Waals surface area contributed by atoms with Gasteiger partial charge in [0.25, 0.3) is 11.5 Å². The molecule has 1 aliphatic rings. The van der Waals surface area contributed by atoms with Crippen LogP contribution in [0.4, 0.5) is 0 Å². The van der Waals surface area contributed by atoms with Crippen molar-refractivity contribution in [3.8, 4) is 22.8 Å². The second-order valence-electron chi connectivity index (χ2n) is 6.77. The molecule has 0 bridgehead atoms. The Bertz CT molecular complexity index is 1060. The smallest absolute Gasteiger partial charge is 0.265 e. The van der Waals surface area contributed by atoms with E-state index in [1.165, 1.54) is 17.0 Å². The highest BCUT2D eigenvalue weighted by Crippen LogP contribution is 2.33. The third-order valence-electron chi connectivity index (χ3n) is 4.70. The van der Waals surface area contributed by atoms with Crippen molar-refractivity contribution in [1.82, 2.24) is 14.9 Å². The summed E-state index contributed by atoms with van der Waals surface area (Å²) >= 11 is 0. The Morgan fingerprint density at radius 2 is 1.76 bits per heavy atom. The van der Waals surface area contributed by atoms with Crippen LogP contribution in [0.3, 0.4) is 0 Å². The number of para-hydroxylation sites is 2. The summed E-state index contributed by atoms with van der Waals surface area (Å²) in [4.78, 5) is 29.2. The van der Waals surface area contributed by atoms with Crippen LogP contribution < -0.4 is 20.3 Å². The fourth-order valence-electron chi connectivity index (χ4n) is 3.17. The Hall–Kier alpha value is -3.61. The molecular weight excluding hydrogens is 370 g/mol. The lowest BCUT2D eigenvalue weighted by Crippen LogP contribution is -2.49. The zero-order valence-electron chi connectivity index (χ0n) is 15.9.